The molecule has 0 aromatic heterocycles. The molecule has 0 bridgehead atoms. The molecule has 1 unspecified atom stereocenters. The largest absolute Gasteiger partial charge is 0.481 e. The van der Waals surface area contributed by atoms with E-state index in [1.807, 2.05) is 24.3 Å². The third kappa shape index (κ3) is 5.64. The highest BCUT2D eigenvalue weighted by Crippen LogP contribution is 2.17. The number of amides is 1. The summed E-state index contributed by atoms with van der Waals surface area (Å²) in [5.74, 6) is 1.19. The Morgan fingerprint density at radius 2 is 1.84 bits per heavy atom. The highest BCUT2D eigenvalue weighted by atomic mass is 79.9. The van der Waals surface area contributed by atoms with E-state index in [1.165, 1.54) is 0 Å². The van der Waals surface area contributed by atoms with Gasteiger partial charge < -0.3 is 10.1 Å². The Kier molecular flexibility index (Phi) is 6.92. The Morgan fingerprint density at radius 3 is 2.37 bits per heavy atom. The van der Waals surface area contributed by atoms with Gasteiger partial charge in [-0.2, -0.15) is 0 Å². The third-order valence-electron chi connectivity index (χ3n) is 3.22. The van der Waals surface area contributed by atoms with Gasteiger partial charge in [0, 0.05) is 11.0 Å². The van der Waals surface area contributed by atoms with E-state index in [0.717, 1.165) is 23.9 Å². The minimum atomic E-state index is -0.476. The van der Waals surface area contributed by atoms with Gasteiger partial charge in [0.25, 0.3) is 5.91 Å². The van der Waals surface area contributed by atoms with Crippen LogP contribution >= 0.6 is 15.9 Å². The fraction of sp³-hybridized carbons (Fsp3) is 0.533. The SMILES string of the molecule is CCC(CC)CNC(=O)C(C)Oc1ccc(Br)cc1. The van der Waals surface area contributed by atoms with Crippen molar-refractivity contribution in [1.82, 2.24) is 5.32 Å². The molecule has 3 nitrogen and oxygen atoms in total. The van der Waals surface area contributed by atoms with Crippen LogP contribution in [0.1, 0.15) is 33.6 Å². The zero-order valence-electron chi connectivity index (χ0n) is 11.8. The number of halogens is 1. The van der Waals surface area contributed by atoms with E-state index in [-0.39, 0.29) is 5.91 Å². The monoisotopic (exact) mass is 327 g/mol. The molecule has 0 aliphatic rings. The Morgan fingerprint density at radius 1 is 1.26 bits per heavy atom. The Hall–Kier alpha value is -1.03. The van der Waals surface area contributed by atoms with Gasteiger partial charge in [-0.15, -0.1) is 0 Å². The predicted molar refractivity (Wildman–Crippen MR) is 81.3 cm³/mol. The maximum atomic E-state index is 11.9. The summed E-state index contributed by atoms with van der Waals surface area (Å²) in [6.45, 7) is 6.77. The molecule has 0 aliphatic carbocycles. The molecule has 1 aromatic carbocycles. The molecule has 19 heavy (non-hydrogen) atoms. The van der Waals surface area contributed by atoms with Gasteiger partial charge in [-0.3, -0.25) is 4.79 Å². The summed E-state index contributed by atoms with van der Waals surface area (Å²) in [5, 5.41) is 2.94. The van der Waals surface area contributed by atoms with Gasteiger partial charge in [0.05, 0.1) is 0 Å². The van der Waals surface area contributed by atoms with Crippen LogP contribution in [0.25, 0.3) is 0 Å². The van der Waals surface area contributed by atoms with E-state index in [2.05, 4.69) is 35.1 Å². The summed E-state index contributed by atoms with van der Waals surface area (Å²) in [6.07, 6.45) is 1.69. The molecule has 0 spiro atoms. The van der Waals surface area contributed by atoms with Crippen LogP contribution in [0.4, 0.5) is 0 Å². The normalized spacial score (nSPS) is 12.3. The van der Waals surface area contributed by atoms with E-state index in [1.54, 1.807) is 6.92 Å². The Bertz CT molecular complexity index is 388. The standard InChI is InChI=1S/C15H22BrNO2/c1-4-12(5-2)10-17-15(18)11(3)19-14-8-6-13(16)7-9-14/h6-9,11-12H,4-5,10H2,1-3H3,(H,17,18). The number of ether oxygens (including phenoxy) is 1. The highest BCUT2D eigenvalue weighted by Gasteiger charge is 2.15. The second-order valence-corrected chi connectivity index (χ2v) is 5.56. The van der Waals surface area contributed by atoms with E-state index >= 15 is 0 Å². The number of hydrogen-bond donors (Lipinski definition) is 1. The first-order chi connectivity index (χ1) is 9.06. The number of benzene rings is 1. The average Bonchev–Trinajstić information content (AvgIpc) is 2.42. The van der Waals surface area contributed by atoms with E-state index in [9.17, 15) is 4.79 Å². The first-order valence-corrected chi connectivity index (χ1v) is 7.56. The molecule has 1 atom stereocenters. The first-order valence-electron chi connectivity index (χ1n) is 6.76. The summed E-state index contributed by atoms with van der Waals surface area (Å²) in [4.78, 5) is 11.9. The van der Waals surface area contributed by atoms with Gasteiger partial charge in [-0.25, -0.2) is 0 Å². The predicted octanol–water partition coefficient (Wildman–Crippen LogP) is 3.77. The van der Waals surface area contributed by atoms with Crippen molar-refractivity contribution in [3.63, 3.8) is 0 Å². The van der Waals surface area contributed by atoms with E-state index in [4.69, 9.17) is 4.74 Å². The van der Waals surface area contributed by atoms with Crippen LogP contribution in [-0.4, -0.2) is 18.6 Å². The second kappa shape index (κ2) is 8.20. The summed E-state index contributed by atoms with van der Waals surface area (Å²) in [7, 11) is 0. The van der Waals surface area contributed by atoms with Crippen molar-refractivity contribution in [1.29, 1.82) is 0 Å². The first kappa shape index (κ1) is 16.0. The minimum Gasteiger partial charge on any atom is -0.481 e. The minimum absolute atomic E-state index is 0.0604. The molecule has 1 rings (SSSR count). The van der Waals surface area contributed by atoms with Crippen LogP contribution in [0.15, 0.2) is 28.7 Å². The fourth-order valence-corrected chi connectivity index (χ4v) is 2.00. The fourth-order valence-electron chi connectivity index (χ4n) is 1.74. The van der Waals surface area contributed by atoms with Gasteiger partial charge in [0.1, 0.15) is 5.75 Å². The van der Waals surface area contributed by atoms with Crippen molar-refractivity contribution in [3.05, 3.63) is 28.7 Å². The molecule has 0 saturated heterocycles. The molecule has 0 aliphatic heterocycles. The van der Waals surface area contributed by atoms with Crippen LogP contribution in [0.2, 0.25) is 0 Å². The molecule has 1 amide bonds. The topological polar surface area (TPSA) is 38.3 Å². The highest BCUT2D eigenvalue weighted by molar-refractivity contribution is 9.10. The molecule has 1 aromatic rings. The Balaban J connectivity index is 2.42. The van der Waals surface area contributed by atoms with Crippen molar-refractivity contribution >= 4 is 21.8 Å². The number of rotatable bonds is 7. The molecule has 1 N–H and O–H groups in total. The van der Waals surface area contributed by atoms with E-state index < -0.39 is 6.10 Å². The van der Waals surface area contributed by atoms with Crippen LogP contribution in [-0.2, 0) is 4.79 Å². The Labute approximate surface area is 123 Å². The van der Waals surface area contributed by atoms with Crippen molar-refractivity contribution in [3.8, 4) is 5.75 Å². The van der Waals surface area contributed by atoms with Crippen LogP contribution < -0.4 is 10.1 Å². The lowest BCUT2D eigenvalue weighted by Gasteiger charge is -2.17. The number of carbonyl (C=O) groups is 1. The molecule has 0 radical (unpaired) electrons. The average molecular weight is 328 g/mol. The zero-order chi connectivity index (χ0) is 14.3. The van der Waals surface area contributed by atoms with Crippen LogP contribution in [0.5, 0.6) is 5.75 Å². The van der Waals surface area contributed by atoms with Crippen LogP contribution in [0, 0.1) is 5.92 Å². The number of carbonyl (C=O) groups excluding carboxylic acids is 1. The lowest BCUT2D eigenvalue weighted by molar-refractivity contribution is -0.127. The molecular formula is C15H22BrNO2. The summed E-state index contributed by atoms with van der Waals surface area (Å²) >= 11 is 3.36. The van der Waals surface area contributed by atoms with Gasteiger partial charge >= 0.3 is 0 Å². The van der Waals surface area contributed by atoms with Gasteiger partial charge in [-0.1, -0.05) is 42.6 Å². The zero-order valence-corrected chi connectivity index (χ0v) is 13.4. The second-order valence-electron chi connectivity index (χ2n) is 4.64. The number of hydrogen-bond acceptors (Lipinski definition) is 2. The third-order valence-corrected chi connectivity index (χ3v) is 3.74. The van der Waals surface area contributed by atoms with Crippen molar-refractivity contribution in [2.45, 2.75) is 39.7 Å². The lowest BCUT2D eigenvalue weighted by atomic mass is 10.0. The smallest absolute Gasteiger partial charge is 0.260 e. The lowest BCUT2D eigenvalue weighted by Crippen LogP contribution is -2.38. The maximum absolute atomic E-state index is 11.9. The molecule has 0 fully saturated rings. The van der Waals surface area contributed by atoms with Crippen molar-refractivity contribution in [2.24, 2.45) is 5.92 Å². The maximum Gasteiger partial charge on any atom is 0.260 e. The van der Waals surface area contributed by atoms with Crippen molar-refractivity contribution in [2.75, 3.05) is 6.54 Å². The summed E-state index contributed by atoms with van der Waals surface area (Å²) < 4.78 is 6.59. The molecule has 4 heteroatoms. The summed E-state index contributed by atoms with van der Waals surface area (Å²) in [5.41, 5.74) is 0. The van der Waals surface area contributed by atoms with Crippen molar-refractivity contribution < 1.29 is 9.53 Å². The number of nitrogens with one attached hydrogen (secondary N) is 1. The molecule has 0 heterocycles. The van der Waals surface area contributed by atoms with Gasteiger partial charge in [-0.05, 0) is 37.1 Å². The molecular weight excluding hydrogens is 306 g/mol. The van der Waals surface area contributed by atoms with Gasteiger partial charge in [0.15, 0.2) is 6.10 Å². The summed E-state index contributed by atoms with van der Waals surface area (Å²) in [6, 6.07) is 7.47. The van der Waals surface area contributed by atoms with Crippen LogP contribution in [0.3, 0.4) is 0 Å². The molecule has 106 valence electrons. The molecule has 0 saturated carbocycles. The quantitative estimate of drug-likeness (QED) is 0.827. The van der Waals surface area contributed by atoms with Gasteiger partial charge in [0.2, 0.25) is 0 Å². The van der Waals surface area contributed by atoms with E-state index in [0.29, 0.717) is 11.7 Å².